The van der Waals surface area contributed by atoms with Gasteiger partial charge in [-0.05, 0) is 37.1 Å². The summed E-state index contributed by atoms with van der Waals surface area (Å²) in [5, 5.41) is 4.92. The van der Waals surface area contributed by atoms with Gasteiger partial charge in [0.25, 0.3) is 5.91 Å². The van der Waals surface area contributed by atoms with Crippen molar-refractivity contribution in [1.29, 1.82) is 0 Å². The van der Waals surface area contributed by atoms with E-state index in [-0.39, 0.29) is 11.9 Å². The first kappa shape index (κ1) is 14.6. The quantitative estimate of drug-likeness (QED) is 0.909. The third-order valence-electron chi connectivity index (χ3n) is 3.21. The zero-order chi connectivity index (χ0) is 14.5. The normalized spacial score (nSPS) is 11.9. The van der Waals surface area contributed by atoms with E-state index in [1.807, 2.05) is 42.6 Å². The molecule has 0 unspecified atom stereocenters. The zero-order valence-corrected chi connectivity index (χ0v) is 12.8. The number of methoxy groups -OCH3 is 1. The molecule has 1 amide bonds. The van der Waals surface area contributed by atoms with Crippen LogP contribution in [0.15, 0.2) is 35.7 Å². The fraction of sp³-hybridized carbons (Fsp3) is 0.312. The monoisotopic (exact) mass is 289 g/mol. The fourth-order valence-corrected chi connectivity index (χ4v) is 2.77. The van der Waals surface area contributed by atoms with Crippen molar-refractivity contribution in [2.45, 2.75) is 26.3 Å². The van der Waals surface area contributed by atoms with E-state index in [2.05, 4.69) is 12.2 Å². The van der Waals surface area contributed by atoms with E-state index in [1.165, 1.54) is 4.88 Å². The van der Waals surface area contributed by atoms with E-state index in [1.54, 1.807) is 18.4 Å². The van der Waals surface area contributed by atoms with E-state index >= 15 is 0 Å². The van der Waals surface area contributed by atoms with Crippen molar-refractivity contribution in [2.75, 3.05) is 7.11 Å². The predicted molar refractivity (Wildman–Crippen MR) is 82.6 cm³/mol. The molecule has 1 aromatic heterocycles. The minimum Gasteiger partial charge on any atom is -0.497 e. The van der Waals surface area contributed by atoms with Crippen molar-refractivity contribution in [3.63, 3.8) is 0 Å². The molecule has 0 aliphatic rings. The summed E-state index contributed by atoms with van der Waals surface area (Å²) in [6, 6.07) is 9.65. The molecule has 0 aliphatic heterocycles. The van der Waals surface area contributed by atoms with Crippen LogP contribution in [0.2, 0.25) is 0 Å². The number of benzene rings is 1. The maximum absolute atomic E-state index is 12.2. The Kier molecular flexibility index (Phi) is 4.79. The second-order valence-electron chi connectivity index (χ2n) is 4.63. The number of hydrogen-bond acceptors (Lipinski definition) is 3. The number of ether oxygens (including phenoxy) is 1. The highest BCUT2D eigenvalue weighted by Gasteiger charge is 2.13. The molecule has 3 nitrogen and oxygen atoms in total. The Morgan fingerprint density at radius 3 is 2.85 bits per heavy atom. The zero-order valence-electron chi connectivity index (χ0n) is 12.0. The van der Waals surface area contributed by atoms with Gasteiger partial charge in [0.2, 0.25) is 0 Å². The van der Waals surface area contributed by atoms with Crippen LogP contribution in [0.4, 0.5) is 0 Å². The Hall–Kier alpha value is -1.81. The number of thiophene rings is 1. The summed E-state index contributed by atoms with van der Waals surface area (Å²) in [4.78, 5) is 13.4. The number of rotatable bonds is 5. The van der Waals surface area contributed by atoms with Crippen molar-refractivity contribution in [3.8, 4) is 5.75 Å². The average Bonchev–Trinajstić information content (AvgIpc) is 2.96. The summed E-state index contributed by atoms with van der Waals surface area (Å²) in [6.45, 7) is 4.06. The molecule has 1 N–H and O–H groups in total. The van der Waals surface area contributed by atoms with Gasteiger partial charge in [-0.2, -0.15) is 0 Å². The predicted octanol–water partition coefficient (Wildman–Crippen LogP) is 3.81. The average molecular weight is 289 g/mol. The highest BCUT2D eigenvalue weighted by Crippen LogP contribution is 2.20. The topological polar surface area (TPSA) is 38.3 Å². The van der Waals surface area contributed by atoms with Crippen LogP contribution in [0.25, 0.3) is 0 Å². The second-order valence-corrected chi connectivity index (χ2v) is 5.62. The number of hydrogen-bond donors (Lipinski definition) is 1. The summed E-state index contributed by atoms with van der Waals surface area (Å²) in [7, 11) is 1.64. The van der Waals surface area contributed by atoms with Crippen LogP contribution in [0.1, 0.15) is 40.7 Å². The van der Waals surface area contributed by atoms with Gasteiger partial charge in [0.05, 0.1) is 18.7 Å². The van der Waals surface area contributed by atoms with Crippen molar-refractivity contribution >= 4 is 17.2 Å². The lowest BCUT2D eigenvalue weighted by Gasteiger charge is -2.14. The van der Waals surface area contributed by atoms with Gasteiger partial charge in [-0.15, -0.1) is 11.3 Å². The summed E-state index contributed by atoms with van der Waals surface area (Å²) in [5.74, 6) is 0.767. The van der Waals surface area contributed by atoms with Crippen LogP contribution < -0.4 is 10.1 Å². The van der Waals surface area contributed by atoms with Crippen LogP contribution in [-0.4, -0.2) is 13.0 Å². The molecule has 0 bridgehead atoms. The van der Waals surface area contributed by atoms with E-state index in [0.717, 1.165) is 23.3 Å². The van der Waals surface area contributed by atoms with E-state index in [9.17, 15) is 4.79 Å². The van der Waals surface area contributed by atoms with Crippen LogP contribution in [0.5, 0.6) is 5.75 Å². The first-order chi connectivity index (χ1) is 9.63. The minimum absolute atomic E-state index is 0.0312. The number of carbonyl (C=O) groups excluding carboxylic acids is 1. The van der Waals surface area contributed by atoms with E-state index in [0.29, 0.717) is 0 Å². The van der Waals surface area contributed by atoms with Gasteiger partial charge in [-0.3, -0.25) is 4.79 Å². The Balaban J connectivity index is 2.06. The van der Waals surface area contributed by atoms with Crippen LogP contribution in [-0.2, 0) is 6.42 Å². The van der Waals surface area contributed by atoms with Crippen LogP contribution in [0.3, 0.4) is 0 Å². The summed E-state index contributed by atoms with van der Waals surface area (Å²) in [5.41, 5.74) is 1.77. The molecule has 2 rings (SSSR count). The number of carbonyl (C=O) groups is 1. The van der Waals surface area contributed by atoms with E-state index < -0.39 is 0 Å². The van der Waals surface area contributed by atoms with Crippen molar-refractivity contribution < 1.29 is 9.53 Å². The maximum Gasteiger partial charge on any atom is 0.252 e. The van der Waals surface area contributed by atoms with Crippen LogP contribution >= 0.6 is 11.3 Å². The number of aryl methyl sites for hydroxylation is 1. The molecule has 0 saturated carbocycles. The Labute approximate surface area is 123 Å². The first-order valence-corrected chi connectivity index (χ1v) is 7.54. The Morgan fingerprint density at radius 2 is 2.20 bits per heavy atom. The first-order valence-electron chi connectivity index (χ1n) is 6.66. The molecule has 4 heteroatoms. The van der Waals surface area contributed by atoms with Gasteiger partial charge in [0, 0.05) is 10.3 Å². The number of amides is 1. The fourth-order valence-electron chi connectivity index (χ4n) is 1.96. The van der Waals surface area contributed by atoms with Gasteiger partial charge >= 0.3 is 0 Å². The summed E-state index contributed by atoms with van der Waals surface area (Å²) >= 11 is 1.63. The molecule has 0 radical (unpaired) electrons. The van der Waals surface area contributed by atoms with Gasteiger partial charge in [-0.25, -0.2) is 0 Å². The molecule has 1 aromatic carbocycles. The third kappa shape index (κ3) is 3.39. The Bertz CT molecular complexity index is 592. The van der Waals surface area contributed by atoms with Crippen molar-refractivity contribution in [1.82, 2.24) is 5.32 Å². The SMILES string of the molecule is CCc1cc(C(=O)N[C@@H](C)c2cccc(OC)c2)cs1. The smallest absolute Gasteiger partial charge is 0.252 e. The molecule has 0 saturated heterocycles. The largest absolute Gasteiger partial charge is 0.497 e. The molecule has 106 valence electrons. The van der Waals surface area contributed by atoms with E-state index in [4.69, 9.17) is 4.74 Å². The Morgan fingerprint density at radius 1 is 1.40 bits per heavy atom. The summed E-state index contributed by atoms with van der Waals surface area (Å²) in [6.07, 6.45) is 0.962. The lowest BCUT2D eigenvalue weighted by atomic mass is 10.1. The van der Waals surface area contributed by atoms with Crippen molar-refractivity contribution in [3.05, 3.63) is 51.7 Å². The standard InChI is InChI=1S/C16H19NO2S/c1-4-15-9-13(10-20-15)16(18)17-11(2)12-6-5-7-14(8-12)19-3/h5-11H,4H2,1-3H3,(H,17,18)/t11-/m0/s1. The molecule has 2 aromatic rings. The van der Waals surface area contributed by atoms with Gasteiger partial charge in [-0.1, -0.05) is 19.1 Å². The molecule has 20 heavy (non-hydrogen) atoms. The van der Waals surface area contributed by atoms with Gasteiger partial charge in [0.1, 0.15) is 5.75 Å². The maximum atomic E-state index is 12.2. The molecule has 1 atom stereocenters. The lowest BCUT2D eigenvalue weighted by Crippen LogP contribution is -2.26. The molecule has 0 fully saturated rings. The molecular formula is C16H19NO2S. The number of nitrogens with one attached hydrogen (secondary N) is 1. The molecule has 0 aliphatic carbocycles. The highest BCUT2D eigenvalue weighted by molar-refractivity contribution is 7.10. The highest BCUT2D eigenvalue weighted by atomic mass is 32.1. The summed E-state index contributed by atoms with van der Waals surface area (Å²) < 4.78 is 5.20. The molecule has 0 spiro atoms. The second kappa shape index (κ2) is 6.57. The minimum atomic E-state index is -0.0532. The van der Waals surface area contributed by atoms with Crippen molar-refractivity contribution in [2.24, 2.45) is 0 Å². The third-order valence-corrected chi connectivity index (χ3v) is 4.29. The van der Waals surface area contributed by atoms with Gasteiger partial charge < -0.3 is 10.1 Å². The molecular weight excluding hydrogens is 270 g/mol. The molecule has 1 heterocycles. The van der Waals surface area contributed by atoms with Crippen LogP contribution in [0, 0.1) is 0 Å². The lowest BCUT2D eigenvalue weighted by molar-refractivity contribution is 0.0940. The van der Waals surface area contributed by atoms with Gasteiger partial charge in [0.15, 0.2) is 0 Å².